The number of hydrogen-bond acceptors (Lipinski definition) is 6. The van der Waals surface area contributed by atoms with Crippen molar-refractivity contribution in [1.82, 2.24) is 24.7 Å². The number of rotatable bonds is 3. The van der Waals surface area contributed by atoms with Crippen molar-refractivity contribution in [2.24, 2.45) is 0 Å². The van der Waals surface area contributed by atoms with Gasteiger partial charge < -0.3 is 19.6 Å². The molecule has 2 saturated heterocycles. The van der Waals surface area contributed by atoms with Gasteiger partial charge in [0.2, 0.25) is 5.91 Å². The Kier molecular flexibility index (Phi) is 5.47. The van der Waals surface area contributed by atoms with E-state index < -0.39 is 0 Å². The van der Waals surface area contributed by atoms with Crippen LogP contribution >= 0.6 is 0 Å². The van der Waals surface area contributed by atoms with Crippen LogP contribution in [0.1, 0.15) is 24.3 Å². The minimum Gasteiger partial charge on any atom is -0.354 e. The normalized spacial score (nSPS) is 19.2. The van der Waals surface area contributed by atoms with Crippen LogP contribution < -0.4 is 4.90 Å². The number of carbonyl (C=O) groups is 2. The maximum absolute atomic E-state index is 12.7. The zero-order chi connectivity index (χ0) is 17.8. The second-order valence-electron chi connectivity index (χ2n) is 6.48. The second kappa shape index (κ2) is 7.77. The molecule has 2 amide bonds. The van der Waals surface area contributed by atoms with E-state index in [4.69, 9.17) is 0 Å². The molecule has 1 aromatic rings. The van der Waals surface area contributed by atoms with Crippen LogP contribution in [0.5, 0.6) is 0 Å². The van der Waals surface area contributed by atoms with E-state index in [0.717, 1.165) is 38.5 Å². The number of likely N-dealkylation sites (N-methyl/N-ethyl adjacent to an activating group) is 1. The summed E-state index contributed by atoms with van der Waals surface area (Å²) in [7, 11) is 0. The molecule has 8 nitrogen and oxygen atoms in total. The zero-order valence-corrected chi connectivity index (χ0v) is 15.0. The third-order valence-electron chi connectivity index (χ3n) is 5.03. The van der Waals surface area contributed by atoms with Gasteiger partial charge in [-0.1, -0.05) is 6.92 Å². The van der Waals surface area contributed by atoms with Crippen molar-refractivity contribution in [2.75, 3.05) is 63.8 Å². The molecule has 3 rings (SSSR count). The van der Waals surface area contributed by atoms with Gasteiger partial charge in [-0.15, -0.1) is 0 Å². The summed E-state index contributed by atoms with van der Waals surface area (Å²) in [5.74, 6) is 0.790. The highest BCUT2D eigenvalue weighted by molar-refractivity contribution is 5.93. The second-order valence-corrected chi connectivity index (χ2v) is 6.48. The molecular weight excluding hydrogens is 320 g/mol. The van der Waals surface area contributed by atoms with Crippen LogP contribution in [0.15, 0.2) is 12.4 Å². The first-order valence-electron chi connectivity index (χ1n) is 8.92. The first kappa shape index (κ1) is 17.6. The molecule has 2 aliphatic rings. The average molecular weight is 346 g/mol. The molecule has 3 heterocycles. The monoisotopic (exact) mass is 346 g/mol. The predicted molar refractivity (Wildman–Crippen MR) is 94.5 cm³/mol. The van der Waals surface area contributed by atoms with Gasteiger partial charge in [-0.2, -0.15) is 0 Å². The summed E-state index contributed by atoms with van der Waals surface area (Å²) in [6.07, 6.45) is 1.47. The van der Waals surface area contributed by atoms with E-state index in [0.29, 0.717) is 31.9 Å². The van der Waals surface area contributed by atoms with Gasteiger partial charge in [-0.05, 0) is 6.54 Å². The molecule has 8 heteroatoms. The van der Waals surface area contributed by atoms with Crippen molar-refractivity contribution in [3.63, 3.8) is 0 Å². The Labute approximate surface area is 148 Å². The molecule has 0 saturated carbocycles. The van der Waals surface area contributed by atoms with Gasteiger partial charge in [-0.3, -0.25) is 9.59 Å². The molecule has 2 fully saturated rings. The lowest BCUT2D eigenvalue weighted by Crippen LogP contribution is -2.50. The molecule has 25 heavy (non-hydrogen) atoms. The predicted octanol–water partition coefficient (Wildman–Crippen LogP) is -0.0772. The lowest BCUT2D eigenvalue weighted by atomic mass is 10.2. The molecule has 0 aromatic carbocycles. The highest BCUT2D eigenvalue weighted by atomic mass is 16.2. The van der Waals surface area contributed by atoms with Crippen LogP contribution in [-0.2, 0) is 4.79 Å². The van der Waals surface area contributed by atoms with E-state index in [1.807, 2.05) is 0 Å². The molecule has 0 N–H and O–H groups in total. The van der Waals surface area contributed by atoms with Crippen molar-refractivity contribution in [3.05, 3.63) is 18.1 Å². The number of aromatic nitrogens is 2. The Bertz CT molecular complexity index is 621. The van der Waals surface area contributed by atoms with Gasteiger partial charge in [0.25, 0.3) is 5.91 Å². The van der Waals surface area contributed by atoms with Crippen LogP contribution in [0, 0.1) is 0 Å². The number of anilines is 1. The van der Waals surface area contributed by atoms with Crippen molar-refractivity contribution in [2.45, 2.75) is 13.8 Å². The highest BCUT2D eigenvalue weighted by Gasteiger charge is 2.25. The van der Waals surface area contributed by atoms with Crippen LogP contribution in [0.3, 0.4) is 0 Å². The van der Waals surface area contributed by atoms with Gasteiger partial charge in [0.05, 0.1) is 0 Å². The maximum atomic E-state index is 12.7. The lowest BCUT2D eigenvalue weighted by molar-refractivity contribution is -0.130. The number of piperazine rings is 2. The fourth-order valence-electron chi connectivity index (χ4n) is 3.32. The Balaban J connectivity index is 1.63. The summed E-state index contributed by atoms with van der Waals surface area (Å²) in [4.78, 5) is 40.8. The summed E-state index contributed by atoms with van der Waals surface area (Å²) in [5.41, 5.74) is 0.430. The molecule has 0 aliphatic carbocycles. The Morgan fingerprint density at radius 1 is 0.960 bits per heavy atom. The Morgan fingerprint density at radius 2 is 1.60 bits per heavy atom. The minimum atomic E-state index is -0.0842. The van der Waals surface area contributed by atoms with Crippen molar-refractivity contribution < 1.29 is 9.59 Å². The number of nitrogens with zero attached hydrogens (tertiary/aromatic N) is 6. The highest BCUT2D eigenvalue weighted by Crippen LogP contribution is 2.15. The van der Waals surface area contributed by atoms with Gasteiger partial charge in [0.15, 0.2) is 0 Å². The number of amides is 2. The van der Waals surface area contributed by atoms with Crippen molar-refractivity contribution in [3.8, 4) is 0 Å². The first-order chi connectivity index (χ1) is 12.1. The summed E-state index contributed by atoms with van der Waals surface area (Å²) in [6.45, 7) is 10.9. The molecular formula is C17H26N6O2. The maximum Gasteiger partial charge on any atom is 0.272 e. The quantitative estimate of drug-likeness (QED) is 0.762. The summed E-state index contributed by atoms with van der Waals surface area (Å²) < 4.78 is 0. The van der Waals surface area contributed by atoms with Gasteiger partial charge in [0, 0.05) is 65.3 Å². The van der Waals surface area contributed by atoms with Crippen molar-refractivity contribution in [1.29, 1.82) is 0 Å². The molecule has 0 atom stereocenters. The average Bonchev–Trinajstić information content (AvgIpc) is 2.67. The molecule has 0 spiro atoms. The van der Waals surface area contributed by atoms with Crippen molar-refractivity contribution >= 4 is 17.6 Å². The third-order valence-corrected chi connectivity index (χ3v) is 5.03. The lowest BCUT2D eigenvalue weighted by Gasteiger charge is -2.35. The van der Waals surface area contributed by atoms with Crippen LogP contribution in [0.2, 0.25) is 0 Å². The van der Waals surface area contributed by atoms with Crippen LogP contribution in [-0.4, -0.2) is 95.4 Å². The molecule has 1 aromatic heterocycles. The van der Waals surface area contributed by atoms with E-state index in [2.05, 4.69) is 26.7 Å². The van der Waals surface area contributed by atoms with E-state index in [1.165, 1.54) is 6.33 Å². The molecule has 136 valence electrons. The Morgan fingerprint density at radius 3 is 2.20 bits per heavy atom. The first-order valence-corrected chi connectivity index (χ1v) is 8.92. The fourth-order valence-corrected chi connectivity index (χ4v) is 3.32. The van der Waals surface area contributed by atoms with Gasteiger partial charge in [0.1, 0.15) is 17.8 Å². The number of carbonyl (C=O) groups excluding carboxylic acids is 2. The summed E-state index contributed by atoms with van der Waals surface area (Å²) in [6, 6.07) is 1.79. The zero-order valence-electron chi connectivity index (χ0n) is 15.0. The van der Waals surface area contributed by atoms with Crippen LogP contribution in [0.4, 0.5) is 5.82 Å². The van der Waals surface area contributed by atoms with E-state index in [-0.39, 0.29) is 11.8 Å². The summed E-state index contributed by atoms with van der Waals surface area (Å²) >= 11 is 0. The largest absolute Gasteiger partial charge is 0.354 e. The van der Waals surface area contributed by atoms with Crippen LogP contribution in [0.25, 0.3) is 0 Å². The molecule has 0 unspecified atom stereocenters. The Hall–Kier alpha value is -2.22. The van der Waals surface area contributed by atoms with E-state index in [1.54, 1.807) is 22.8 Å². The van der Waals surface area contributed by atoms with Gasteiger partial charge in [-0.25, -0.2) is 9.97 Å². The molecule has 0 radical (unpaired) electrons. The summed E-state index contributed by atoms with van der Waals surface area (Å²) in [5, 5.41) is 0. The van der Waals surface area contributed by atoms with Gasteiger partial charge >= 0.3 is 0 Å². The minimum absolute atomic E-state index is 0.0580. The SMILES string of the molecule is CCN1CCN(c2cc(C(=O)N3CCN(C(C)=O)CC3)ncn2)CC1. The topological polar surface area (TPSA) is 72.9 Å². The fraction of sp³-hybridized carbons (Fsp3) is 0.647. The smallest absolute Gasteiger partial charge is 0.272 e. The standard InChI is InChI=1S/C17H26N6O2/c1-3-20-4-6-22(7-5-20)16-12-15(18-13-19-16)17(25)23-10-8-21(9-11-23)14(2)24/h12-13H,3-11H2,1-2H3. The van der Waals surface area contributed by atoms with E-state index in [9.17, 15) is 9.59 Å². The molecule has 2 aliphatic heterocycles. The molecule has 0 bridgehead atoms. The van der Waals surface area contributed by atoms with E-state index >= 15 is 0 Å². The third kappa shape index (κ3) is 4.07. The number of hydrogen-bond donors (Lipinski definition) is 0.